The second kappa shape index (κ2) is 7.58. The van der Waals surface area contributed by atoms with Crippen molar-refractivity contribution in [1.29, 1.82) is 5.26 Å². The highest BCUT2D eigenvalue weighted by atomic mass is 32.1. The Balaban J connectivity index is 1.24. The minimum absolute atomic E-state index is 0.0294. The van der Waals surface area contributed by atoms with Gasteiger partial charge in [0.25, 0.3) is 0 Å². The molecule has 5 rings (SSSR count). The SMILES string of the molecule is N#C[C@H](Cc1ccc(-c2ccc3ncsc3c2)cc1)NC(=O)C1NC2CCC1C2. The lowest BCUT2D eigenvalue weighted by molar-refractivity contribution is -0.124. The van der Waals surface area contributed by atoms with E-state index in [1.807, 2.05) is 23.7 Å². The Morgan fingerprint density at radius 3 is 2.79 bits per heavy atom. The van der Waals surface area contributed by atoms with Gasteiger partial charge in [-0.3, -0.25) is 4.79 Å². The topological polar surface area (TPSA) is 77.8 Å². The molecule has 2 bridgehead atoms. The van der Waals surface area contributed by atoms with Crippen LogP contribution in [0.4, 0.5) is 0 Å². The number of carbonyl (C=O) groups is 1. The highest BCUT2D eigenvalue weighted by molar-refractivity contribution is 7.16. The van der Waals surface area contributed by atoms with Gasteiger partial charge in [-0.25, -0.2) is 4.98 Å². The van der Waals surface area contributed by atoms with Crippen molar-refractivity contribution in [2.75, 3.05) is 0 Å². The van der Waals surface area contributed by atoms with E-state index in [0.717, 1.165) is 35.0 Å². The van der Waals surface area contributed by atoms with E-state index in [2.05, 4.69) is 46.0 Å². The molecule has 0 spiro atoms. The zero-order valence-corrected chi connectivity index (χ0v) is 16.8. The first-order chi connectivity index (χ1) is 14.2. The van der Waals surface area contributed by atoms with Crippen molar-refractivity contribution >= 4 is 27.5 Å². The first-order valence-electron chi connectivity index (χ1n) is 10.1. The van der Waals surface area contributed by atoms with E-state index in [-0.39, 0.29) is 11.9 Å². The molecule has 1 aromatic heterocycles. The van der Waals surface area contributed by atoms with Crippen molar-refractivity contribution in [3.63, 3.8) is 0 Å². The Kier molecular flexibility index (Phi) is 4.78. The van der Waals surface area contributed by atoms with Gasteiger partial charge >= 0.3 is 0 Å². The number of nitrogens with one attached hydrogen (secondary N) is 2. The van der Waals surface area contributed by atoms with Gasteiger partial charge in [0.2, 0.25) is 5.91 Å². The number of rotatable bonds is 5. The standard InChI is InChI=1S/C23H22N4OS/c24-12-19(27-23(28)22-17-5-7-18(10-17)26-22)9-14-1-3-15(4-2-14)16-6-8-20-21(11-16)29-13-25-20/h1-4,6,8,11,13,17-19,22,26H,5,7,9-10H2,(H,27,28)/t17?,18?,19-,22?/m0/s1. The molecule has 1 aliphatic carbocycles. The van der Waals surface area contributed by atoms with Crippen LogP contribution in [0.15, 0.2) is 48.0 Å². The van der Waals surface area contributed by atoms with Crippen LogP contribution in [-0.2, 0) is 11.2 Å². The van der Waals surface area contributed by atoms with Gasteiger partial charge in [-0.05, 0) is 54.0 Å². The number of piperidine rings is 1. The molecule has 3 unspecified atom stereocenters. The van der Waals surface area contributed by atoms with E-state index in [0.29, 0.717) is 18.4 Å². The molecule has 2 fully saturated rings. The summed E-state index contributed by atoms with van der Waals surface area (Å²) in [4.78, 5) is 16.9. The molecular weight excluding hydrogens is 380 g/mol. The number of nitriles is 1. The average Bonchev–Trinajstić information content (AvgIpc) is 3.50. The van der Waals surface area contributed by atoms with E-state index in [4.69, 9.17) is 0 Å². The number of aromatic nitrogens is 1. The highest BCUT2D eigenvalue weighted by Crippen LogP contribution is 2.35. The number of benzene rings is 2. The van der Waals surface area contributed by atoms with E-state index in [9.17, 15) is 10.1 Å². The molecule has 4 atom stereocenters. The second-order valence-electron chi connectivity index (χ2n) is 8.04. The summed E-state index contributed by atoms with van der Waals surface area (Å²) in [5.74, 6) is 0.396. The number of nitrogens with zero attached hydrogens (tertiary/aromatic N) is 2. The molecular formula is C23H22N4OS. The number of amides is 1. The lowest BCUT2D eigenvalue weighted by Crippen LogP contribution is -2.50. The third-order valence-electron chi connectivity index (χ3n) is 6.17. The number of carbonyl (C=O) groups excluding carboxylic acids is 1. The quantitative estimate of drug-likeness (QED) is 0.683. The molecule has 5 nitrogen and oxygen atoms in total. The summed E-state index contributed by atoms with van der Waals surface area (Å²) in [6.45, 7) is 0. The van der Waals surface area contributed by atoms with Crippen LogP contribution < -0.4 is 10.6 Å². The maximum Gasteiger partial charge on any atom is 0.238 e. The van der Waals surface area contributed by atoms with Gasteiger partial charge in [0.05, 0.1) is 27.8 Å². The summed E-state index contributed by atoms with van der Waals surface area (Å²) in [7, 11) is 0. The molecule has 1 saturated carbocycles. The lowest BCUT2D eigenvalue weighted by atomic mass is 9.98. The molecule has 2 aromatic carbocycles. The van der Waals surface area contributed by atoms with E-state index in [1.54, 1.807) is 11.3 Å². The summed E-state index contributed by atoms with van der Waals surface area (Å²) in [6.07, 6.45) is 3.88. The molecule has 2 heterocycles. The monoisotopic (exact) mass is 402 g/mol. The van der Waals surface area contributed by atoms with Gasteiger partial charge in [-0.1, -0.05) is 30.3 Å². The molecule has 1 saturated heterocycles. The number of hydrogen-bond donors (Lipinski definition) is 2. The van der Waals surface area contributed by atoms with Crippen LogP contribution in [0.5, 0.6) is 0 Å². The van der Waals surface area contributed by atoms with Crippen molar-refractivity contribution in [2.24, 2.45) is 5.92 Å². The van der Waals surface area contributed by atoms with Crippen molar-refractivity contribution in [1.82, 2.24) is 15.6 Å². The maximum atomic E-state index is 12.6. The Bertz CT molecular complexity index is 1080. The minimum atomic E-state index is -0.511. The third-order valence-corrected chi connectivity index (χ3v) is 6.96. The van der Waals surface area contributed by atoms with E-state index >= 15 is 0 Å². The van der Waals surface area contributed by atoms with Crippen molar-refractivity contribution in [2.45, 2.75) is 43.8 Å². The fourth-order valence-corrected chi connectivity index (χ4v) is 5.36. The van der Waals surface area contributed by atoms with Crippen LogP contribution in [-0.4, -0.2) is 29.0 Å². The molecule has 29 heavy (non-hydrogen) atoms. The molecule has 0 radical (unpaired) electrons. The van der Waals surface area contributed by atoms with Crippen molar-refractivity contribution in [3.8, 4) is 17.2 Å². The van der Waals surface area contributed by atoms with Gasteiger partial charge in [-0.15, -0.1) is 11.3 Å². The van der Waals surface area contributed by atoms with Crippen LogP contribution >= 0.6 is 11.3 Å². The average molecular weight is 403 g/mol. The predicted molar refractivity (Wildman–Crippen MR) is 114 cm³/mol. The largest absolute Gasteiger partial charge is 0.339 e. The normalized spacial score (nSPS) is 23.8. The lowest BCUT2D eigenvalue weighted by Gasteiger charge is -2.23. The number of thiazole rings is 1. The highest BCUT2D eigenvalue weighted by Gasteiger charge is 2.43. The molecule has 2 aliphatic rings. The van der Waals surface area contributed by atoms with Crippen LogP contribution in [0.1, 0.15) is 24.8 Å². The van der Waals surface area contributed by atoms with Crippen LogP contribution in [0.3, 0.4) is 0 Å². The Morgan fingerprint density at radius 2 is 2.07 bits per heavy atom. The van der Waals surface area contributed by atoms with Crippen LogP contribution in [0, 0.1) is 17.2 Å². The molecule has 6 heteroatoms. The number of fused-ring (bicyclic) bond motifs is 3. The van der Waals surface area contributed by atoms with Crippen LogP contribution in [0.2, 0.25) is 0 Å². The molecule has 1 amide bonds. The fraction of sp³-hybridized carbons (Fsp3) is 0.348. The smallest absolute Gasteiger partial charge is 0.238 e. The first kappa shape index (κ1) is 18.3. The van der Waals surface area contributed by atoms with Crippen molar-refractivity contribution in [3.05, 3.63) is 53.5 Å². The van der Waals surface area contributed by atoms with Gasteiger partial charge in [0.1, 0.15) is 6.04 Å². The van der Waals surface area contributed by atoms with E-state index < -0.39 is 6.04 Å². The van der Waals surface area contributed by atoms with Gasteiger partial charge in [-0.2, -0.15) is 5.26 Å². The molecule has 2 N–H and O–H groups in total. The third kappa shape index (κ3) is 3.64. The Labute approximate surface area is 173 Å². The zero-order chi connectivity index (χ0) is 19.8. The van der Waals surface area contributed by atoms with Crippen molar-refractivity contribution < 1.29 is 4.79 Å². The molecule has 1 aliphatic heterocycles. The van der Waals surface area contributed by atoms with Gasteiger partial charge in [0, 0.05) is 12.5 Å². The summed E-state index contributed by atoms with van der Waals surface area (Å²) in [5.41, 5.74) is 6.21. The second-order valence-corrected chi connectivity index (χ2v) is 8.93. The predicted octanol–water partition coefficient (Wildman–Crippen LogP) is 3.65. The fourth-order valence-electron chi connectivity index (χ4n) is 4.64. The first-order valence-corrected chi connectivity index (χ1v) is 11.0. The Morgan fingerprint density at radius 1 is 1.24 bits per heavy atom. The summed E-state index contributed by atoms with van der Waals surface area (Å²) in [6, 6.07) is 16.6. The van der Waals surface area contributed by atoms with Crippen LogP contribution in [0.25, 0.3) is 21.3 Å². The summed E-state index contributed by atoms with van der Waals surface area (Å²) >= 11 is 1.64. The maximum absolute atomic E-state index is 12.6. The van der Waals surface area contributed by atoms with Gasteiger partial charge < -0.3 is 10.6 Å². The molecule has 3 aromatic rings. The molecule has 146 valence electrons. The van der Waals surface area contributed by atoms with Gasteiger partial charge in [0.15, 0.2) is 0 Å². The number of hydrogen-bond acceptors (Lipinski definition) is 5. The van der Waals surface area contributed by atoms with E-state index in [1.165, 1.54) is 11.1 Å². The summed E-state index contributed by atoms with van der Waals surface area (Å²) < 4.78 is 1.17. The minimum Gasteiger partial charge on any atom is -0.339 e. The summed E-state index contributed by atoms with van der Waals surface area (Å²) in [5, 5.41) is 15.9. The Hall–Kier alpha value is -2.75. The zero-order valence-electron chi connectivity index (χ0n) is 16.0.